The second kappa shape index (κ2) is 4.03. The van der Waals surface area contributed by atoms with Gasteiger partial charge < -0.3 is 10.3 Å². The van der Waals surface area contributed by atoms with Crippen molar-refractivity contribution in [3.05, 3.63) is 48.3 Å². The molecule has 3 rings (SSSR count). The van der Waals surface area contributed by atoms with Crippen molar-refractivity contribution in [3.8, 4) is 16.9 Å². The average molecular weight is 240 g/mol. The molecule has 0 atom stereocenters. The molecule has 0 aliphatic carbocycles. The van der Waals surface area contributed by atoms with Crippen molar-refractivity contribution in [1.29, 1.82) is 0 Å². The largest absolute Gasteiger partial charge is 0.368 e. The minimum Gasteiger partial charge on any atom is -0.368 e. The Morgan fingerprint density at radius 2 is 1.94 bits per heavy atom. The summed E-state index contributed by atoms with van der Waals surface area (Å²) in [5.74, 6) is 0.317. The van der Waals surface area contributed by atoms with Crippen LogP contribution < -0.4 is 5.73 Å². The molecule has 5 heteroatoms. The summed E-state index contributed by atoms with van der Waals surface area (Å²) in [6, 6.07) is 11.6. The molecular weight excluding hydrogens is 228 g/mol. The fourth-order valence-electron chi connectivity index (χ4n) is 1.84. The zero-order valence-corrected chi connectivity index (χ0v) is 9.87. The van der Waals surface area contributed by atoms with E-state index in [1.54, 1.807) is 12.3 Å². The van der Waals surface area contributed by atoms with Crippen LogP contribution in [0, 0.1) is 6.92 Å². The first-order chi connectivity index (χ1) is 8.74. The second-order valence-electron chi connectivity index (χ2n) is 4.05. The summed E-state index contributed by atoms with van der Waals surface area (Å²) in [5.41, 5.74) is 9.30. The Labute approximate surface area is 104 Å². The standard InChI is InChI=1S/C13H12N4O/c1-9-6-7-15-17(9)11-4-2-10(3-5-11)12-8-13(14)18-16-12/h2-8H,14H2,1H3. The Kier molecular flexibility index (Phi) is 2.37. The van der Waals surface area contributed by atoms with Gasteiger partial charge in [-0.05, 0) is 25.1 Å². The number of anilines is 1. The minimum absolute atomic E-state index is 0.317. The highest BCUT2D eigenvalue weighted by atomic mass is 16.5. The molecule has 0 bridgehead atoms. The van der Waals surface area contributed by atoms with E-state index in [-0.39, 0.29) is 0 Å². The number of benzene rings is 1. The SMILES string of the molecule is Cc1ccnn1-c1ccc(-c2cc(N)on2)cc1. The first-order valence-electron chi connectivity index (χ1n) is 5.58. The van der Waals surface area contributed by atoms with Crippen LogP contribution in [0.4, 0.5) is 5.88 Å². The highest BCUT2D eigenvalue weighted by Gasteiger charge is 2.05. The number of aryl methyl sites for hydroxylation is 1. The van der Waals surface area contributed by atoms with E-state index in [2.05, 4.69) is 10.3 Å². The molecule has 3 aromatic rings. The Balaban J connectivity index is 1.97. The molecule has 1 aromatic carbocycles. The van der Waals surface area contributed by atoms with Crippen LogP contribution in [0.2, 0.25) is 0 Å². The number of nitrogens with zero attached hydrogens (tertiary/aromatic N) is 3. The number of rotatable bonds is 2. The molecule has 2 aromatic heterocycles. The van der Waals surface area contributed by atoms with Gasteiger partial charge in [0.2, 0.25) is 5.88 Å². The Hall–Kier alpha value is -2.56. The van der Waals surface area contributed by atoms with Crippen LogP contribution in [-0.4, -0.2) is 14.9 Å². The molecular formula is C13H12N4O. The smallest absolute Gasteiger partial charge is 0.222 e. The van der Waals surface area contributed by atoms with Crippen LogP contribution in [-0.2, 0) is 0 Å². The molecule has 5 nitrogen and oxygen atoms in total. The molecule has 0 unspecified atom stereocenters. The zero-order valence-electron chi connectivity index (χ0n) is 9.87. The van der Waals surface area contributed by atoms with E-state index in [1.807, 2.05) is 41.9 Å². The lowest BCUT2D eigenvalue weighted by atomic mass is 10.1. The molecule has 2 heterocycles. The van der Waals surface area contributed by atoms with Gasteiger partial charge in [-0.15, -0.1) is 0 Å². The van der Waals surface area contributed by atoms with Gasteiger partial charge in [0.15, 0.2) is 0 Å². The Morgan fingerprint density at radius 1 is 1.17 bits per heavy atom. The van der Waals surface area contributed by atoms with E-state index in [4.69, 9.17) is 10.3 Å². The predicted molar refractivity (Wildman–Crippen MR) is 68.2 cm³/mol. The maximum Gasteiger partial charge on any atom is 0.222 e. The van der Waals surface area contributed by atoms with Crippen molar-refractivity contribution in [3.63, 3.8) is 0 Å². The van der Waals surface area contributed by atoms with Crippen molar-refractivity contribution in [2.24, 2.45) is 0 Å². The molecule has 18 heavy (non-hydrogen) atoms. The van der Waals surface area contributed by atoms with E-state index in [0.717, 1.165) is 22.6 Å². The fourth-order valence-corrected chi connectivity index (χ4v) is 1.84. The van der Waals surface area contributed by atoms with E-state index >= 15 is 0 Å². The predicted octanol–water partition coefficient (Wildman–Crippen LogP) is 2.42. The Bertz CT molecular complexity index is 666. The molecule has 90 valence electrons. The first kappa shape index (κ1) is 10.6. The maximum atomic E-state index is 5.50. The van der Waals surface area contributed by atoms with Crippen LogP contribution >= 0.6 is 0 Å². The molecule has 0 aliphatic heterocycles. The van der Waals surface area contributed by atoms with Gasteiger partial charge in [-0.1, -0.05) is 17.3 Å². The highest BCUT2D eigenvalue weighted by Crippen LogP contribution is 2.21. The normalized spacial score (nSPS) is 10.7. The van der Waals surface area contributed by atoms with Gasteiger partial charge in [-0.25, -0.2) is 4.68 Å². The molecule has 0 spiro atoms. The van der Waals surface area contributed by atoms with Gasteiger partial charge in [-0.2, -0.15) is 5.10 Å². The summed E-state index contributed by atoms with van der Waals surface area (Å²) >= 11 is 0. The first-order valence-corrected chi connectivity index (χ1v) is 5.58. The number of nitrogens with two attached hydrogens (primary N) is 1. The van der Waals surface area contributed by atoms with Gasteiger partial charge in [0, 0.05) is 23.5 Å². The summed E-state index contributed by atoms with van der Waals surface area (Å²) in [7, 11) is 0. The quantitative estimate of drug-likeness (QED) is 0.746. The minimum atomic E-state index is 0.317. The monoisotopic (exact) mass is 240 g/mol. The van der Waals surface area contributed by atoms with Crippen LogP contribution in [0.15, 0.2) is 47.1 Å². The van der Waals surface area contributed by atoms with E-state index in [0.29, 0.717) is 5.88 Å². The van der Waals surface area contributed by atoms with Crippen molar-refractivity contribution in [2.45, 2.75) is 6.92 Å². The summed E-state index contributed by atoms with van der Waals surface area (Å²) < 4.78 is 6.73. The lowest BCUT2D eigenvalue weighted by Gasteiger charge is -2.04. The topological polar surface area (TPSA) is 69.9 Å². The van der Waals surface area contributed by atoms with Gasteiger partial charge in [0.25, 0.3) is 0 Å². The lowest BCUT2D eigenvalue weighted by Crippen LogP contribution is -1.97. The molecule has 2 N–H and O–H groups in total. The fraction of sp³-hybridized carbons (Fsp3) is 0.0769. The number of nitrogen functional groups attached to an aromatic ring is 1. The van der Waals surface area contributed by atoms with Crippen molar-refractivity contribution in [2.75, 3.05) is 5.73 Å². The van der Waals surface area contributed by atoms with Crippen molar-refractivity contribution >= 4 is 5.88 Å². The van der Waals surface area contributed by atoms with E-state index in [9.17, 15) is 0 Å². The van der Waals surface area contributed by atoms with Gasteiger partial charge in [0.1, 0.15) is 5.69 Å². The van der Waals surface area contributed by atoms with Gasteiger partial charge >= 0.3 is 0 Å². The summed E-state index contributed by atoms with van der Waals surface area (Å²) in [4.78, 5) is 0. The summed E-state index contributed by atoms with van der Waals surface area (Å²) in [6.07, 6.45) is 1.78. The second-order valence-corrected chi connectivity index (χ2v) is 4.05. The third kappa shape index (κ3) is 1.75. The average Bonchev–Trinajstić information content (AvgIpc) is 2.98. The molecule has 0 fully saturated rings. The molecule has 0 saturated heterocycles. The molecule has 0 saturated carbocycles. The summed E-state index contributed by atoms with van der Waals surface area (Å²) in [6.45, 7) is 2.01. The lowest BCUT2D eigenvalue weighted by molar-refractivity contribution is 0.439. The van der Waals surface area contributed by atoms with Crippen molar-refractivity contribution < 1.29 is 4.52 Å². The third-order valence-electron chi connectivity index (χ3n) is 2.77. The maximum absolute atomic E-state index is 5.50. The number of hydrogen-bond acceptors (Lipinski definition) is 4. The van der Waals surface area contributed by atoms with Crippen molar-refractivity contribution in [1.82, 2.24) is 14.9 Å². The number of aromatic nitrogens is 3. The Morgan fingerprint density at radius 3 is 2.50 bits per heavy atom. The van der Waals surface area contributed by atoms with Crippen LogP contribution in [0.5, 0.6) is 0 Å². The molecule has 0 aliphatic rings. The van der Waals surface area contributed by atoms with E-state index < -0.39 is 0 Å². The number of hydrogen-bond donors (Lipinski definition) is 1. The van der Waals surface area contributed by atoms with E-state index in [1.165, 1.54) is 0 Å². The third-order valence-corrected chi connectivity index (χ3v) is 2.77. The van der Waals surface area contributed by atoms with Crippen LogP contribution in [0.25, 0.3) is 16.9 Å². The summed E-state index contributed by atoms with van der Waals surface area (Å²) in [5, 5.41) is 8.13. The zero-order chi connectivity index (χ0) is 12.5. The van der Waals surface area contributed by atoms with Crippen LogP contribution in [0.1, 0.15) is 5.69 Å². The van der Waals surface area contributed by atoms with Gasteiger partial charge in [0.05, 0.1) is 5.69 Å². The molecule has 0 radical (unpaired) electrons. The van der Waals surface area contributed by atoms with Crippen LogP contribution in [0.3, 0.4) is 0 Å². The van der Waals surface area contributed by atoms with Gasteiger partial charge in [-0.3, -0.25) is 0 Å². The molecule has 0 amide bonds. The highest BCUT2D eigenvalue weighted by molar-refractivity contribution is 5.62.